The van der Waals surface area contributed by atoms with Crippen LogP contribution in [-0.2, 0) is 0 Å². The maximum absolute atomic E-state index is 5.79. The van der Waals surface area contributed by atoms with Gasteiger partial charge >= 0.3 is 0 Å². The fraction of sp³-hybridized carbons (Fsp3) is 0.409. The highest BCUT2D eigenvalue weighted by molar-refractivity contribution is 5.82. The minimum Gasteiger partial charge on any atom is -0.491 e. The van der Waals surface area contributed by atoms with Gasteiger partial charge in [-0.25, -0.2) is 0 Å². The molecule has 0 aliphatic carbocycles. The molecule has 128 valence electrons. The lowest BCUT2D eigenvalue weighted by Gasteiger charge is -2.12. The molecule has 24 heavy (non-hydrogen) atoms. The van der Waals surface area contributed by atoms with Crippen molar-refractivity contribution in [2.75, 3.05) is 0 Å². The second kappa shape index (κ2) is 9.27. The molecular weight excluding hydrogens is 294 g/mol. The molecule has 0 aliphatic heterocycles. The van der Waals surface area contributed by atoms with Crippen LogP contribution in [0.2, 0.25) is 0 Å². The summed E-state index contributed by atoms with van der Waals surface area (Å²) in [5.41, 5.74) is 3.46. The van der Waals surface area contributed by atoms with Crippen molar-refractivity contribution in [2.24, 2.45) is 4.99 Å². The third-order valence-electron chi connectivity index (χ3n) is 4.34. The minimum atomic E-state index is 0.248. The lowest BCUT2D eigenvalue weighted by atomic mass is 9.96. The van der Waals surface area contributed by atoms with Gasteiger partial charge in [-0.1, -0.05) is 39.3 Å². The van der Waals surface area contributed by atoms with E-state index in [1.807, 2.05) is 30.5 Å². The Balaban J connectivity index is 1.97. The highest BCUT2D eigenvalue weighted by Gasteiger charge is 2.03. The zero-order valence-electron chi connectivity index (χ0n) is 15.3. The van der Waals surface area contributed by atoms with Crippen molar-refractivity contribution in [1.82, 2.24) is 0 Å². The molecule has 2 heteroatoms. The average molecular weight is 323 g/mol. The molecule has 0 aromatic heterocycles. The molecule has 0 fully saturated rings. The second-order valence-electron chi connectivity index (χ2n) is 6.45. The molecule has 2 atom stereocenters. The monoisotopic (exact) mass is 323 g/mol. The molecule has 0 heterocycles. The highest BCUT2D eigenvalue weighted by Crippen LogP contribution is 2.23. The van der Waals surface area contributed by atoms with E-state index in [9.17, 15) is 0 Å². The van der Waals surface area contributed by atoms with Crippen LogP contribution in [-0.4, -0.2) is 12.3 Å². The largest absolute Gasteiger partial charge is 0.491 e. The molecule has 2 unspecified atom stereocenters. The third kappa shape index (κ3) is 5.52. The van der Waals surface area contributed by atoms with Crippen LogP contribution >= 0.6 is 0 Å². The maximum atomic E-state index is 5.79. The molecule has 0 spiro atoms. The van der Waals surface area contributed by atoms with E-state index in [1.54, 1.807) is 0 Å². The topological polar surface area (TPSA) is 21.6 Å². The van der Waals surface area contributed by atoms with Crippen LogP contribution in [0.25, 0.3) is 0 Å². The van der Waals surface area contributed by atoms with Crippen molar-refractivity contribution in [3.05, 3.63) is 59.7 Å². The molecule has 0 bridgehead atoms. The van der Waals surface area contributed by atoms with Crippen LogP contribution in [0.15, 0.2) is 53.5 Å². The van der Waals surface area contributed by atoms with Gasteiger partial charge in [-0.05, 0) is 73.2 Å². The number of hydrogen-bond acceptors (Lipinski definition) is 2. The van der Waals surface area contributed by atoms with Gasteiger partial charge in [0.05, 0.1) is 11.8 Å². The van der Waals surface area contributed by atoms with E-state index in [0.717, 1.165) is 23.4 Å². The van der Waals surface area contributed by atoms with Crippen molar-refractivity contribution < 1.29 is 4.74 Å². The molecule has 0 saturated carbocycles. The Morgan fingerprint density at radius 2 is 1.62 bits per heavy atom. The lowest BCUT2D eigenvalue weighted by molar-refractivity contribution is 0.217. The van der Waals surface area contributed by atoms with Gasteiger partial charge in [0.25, 0.3) is 0 Å². The predicted octanol–water partition coefficient (Wildman–Crippen LogP) is 6.52. The number of nitrogens with zero attached hydrogens (tertiary/aromatic N) is 1. The molecule has 2 aromatic carbocycles. The van der Waals surface area contributed by atoms with E-state index >= 15 is 0 Å². The molecular formula is C22H29NO. The van der Waals surface area contributed by atoms with E-state index in [2.05, 4.69) is 57.0 Å². The summed E-state index contributed by atoms with van der Waals surface area (Å²) < 4.78 is 5.79. The van der Waals surface area contributed by atoms with E-state index in [1.165, 1.54) is 18.4 Å². The third-order valence-corrected chi connectivity index (χ3v) is 4.34. The Morgan fingerprint density at radius 3 is 2.21 bits per heavy atom. The zero-order chi connectivity index (χ0) is 17.4. The Labute approximate surface area is 146 Å². The first-order valence-corrected chi connectivity index (χ1v) is 9.03. The number of aliphatic imine (C=N–C) groups is 1. The molecule has 0 N–H and O–H groups in total. The van der Waals surface area contributed by atoms with Gasteiger partial charge in [0.15, 0.2) is 0 Å². The van der Waals surface area contributed by atoms with Crippen LogP contribution in [0.5, 0.6) is 5.75 Å². The summed E-state index contributed by atoms with van der Waals surface area (Å²) in [5, 5.41) is 0. The molecule has 0 saturated heterocycles. The van der Waals surface area contributed by atoms with Crippen molar-refractivity contribution in [1.29, 1.82) is 0 Å². The fourth-order valence-corrected chi connectivity index (χ4v) is 2.59. The first kappa shape index (κ1) is 18.3. The first-order chi connectivity index (χ1) is 11.6. The summed E-state index contributed by atoms with van der Waals surface area (Å²) in [4.78, 5) is 4.56. The van der Waals surface area contributed by atoms with Crippen LogP contribution in [0.3, 0.4) is 0 Å². The number of ether oxygens (including phenoxy) is 1. The van der Waals surface area contributed by atoms with E-state index in [4.69, 9.17) is 4.74 Å². The summed E-state index contributed by atoms with van der Waals surface area (Å²) in [7, 11) is 0. The van der Waals surface area contributed by atoms with Gasteiger partial charge in [0.2, 0.25) is 0 Å². The molecule has 2 nitrogen and oxygen atoms in total. The lowest BCUT2D eigenvalue weighted by Crippen LogP contribution is -2.09. The van der Waals surface area contributed by atoms with Gasteiger partial charge < -0.3 is 4.74 Å². The zero-order valence-corrected chi connectivity index (χ0v) is 15.3. The van der Waals surface area contributed by atoms with Gasteiger partial charge in [0.1, 0.15) is 5.75 Å². The number of rotatable bonds is 8. The van der Waals surface area contributed by atoms with Gasteiger partial charge in [-0.3, -0.25) is 4.99 Å². The fourth-order valence-electron chi connectivity index (χ4n) is 2.59. The van der Waals surface area contributed by atoms with Gasteiger partial charge in [-0.2, -0.15) is 0 Å². The molecule has 0 amide bonds. The van der Waals surface area contributed by atoms with E-state index < -0.39 is 0 Å². The standard InChI is InChI=1S/C22H29NO/c1-5-7-17(3)20-10-12-21(13-11-20)23-16-19-8-14-22(15-9-19)24-18(4)6-2/h8-18H,5-7H2,1-4H3. The molecule has 0 radical (unpaired) electrons. The van der Waals surface area contributed by atoms with Crippen LogP contribution in [0, 0.1) is 0 Å². The van der Waals surface area contributed by atoms with E-state index in [-0.39, 0.29) is 6.10 Å². The summed E-state index contributed by atoms with van der Waals surface area (Å²) in [6.45, 7) is 8.72. The van der Waals surface area contributed by atoms with Crippen LogP contribution < -0.4 is 4.74 Å². The Bertz CT molecular complexity index is 628. The Hall–Kier alpha value is -2.09. The second-order valence-corrected chi connectivity index (χ2v) is 6.45. The first-order valence-electron chi connectivity index (χ1n) is 9.03. The predicted molar refractivity (Wildman–Crippen MR) is 104 cm³/mol. The minimum absolute atomic E-state index is 0.248. The average Bonchev–Trinajstić information content (AvgIpc) is 2.61. The Kier molecular flexibility index (Phi) is 7.05. The molecule has 2 aromatic rings. The molecule has 2 rings (SSSR count). The maximum Gasteiger partial charge on any atom is 0.119 e. The van der Waals surface area contributed by atoms with E-state index in [0.29, 0.717) is 5.92 Å². The summed E-state index contributed by atoms with van der Waals surface area (Å²) in [6, 6.07) is 16.7. The van der Waals surface area contributed by atoms with Gasteiger partial charge in [-0.15, -0.1) is 0 Å². The number of benzene rings is 2. The van der Waals surface area contributed by atoms with Crippen molar-refractivity contribution in [3.63, 3.8) is 0 Å². The van der Waals surface area contributed by atoms with Crippen molar-refractivity contribution in [2.45, 2.75) is 59.0 Å². The van der Waals surface area contributed by atoms with Gasteiger partial charge in [0, 0.05) is 6.21 Å². The summed E-state index contributed by atoms with van der Waals surface area (Å²) >= 11 is 0. The summed E-state index contributed by atoms with van der Waals surface area (Å²) in [5.74, 6) is 1.53. The van der Waals surface area contributed by atoms with Crippen molar-refractivity contribution in [3.8, 4) is 5.75 Å². The summed E-state index contributed by atoms with van der Waals surface area (Å²) in [6.07, 6.45) is 5.61. The molecule has 0 aliphatic rings. The SMILES string of the molecule is CCCC(C)c1ccc(N=Cc2ccc(OC(C)CC)cc2)cc1. The quantitative estimate of drug-likeness (QED) is 0.507. The normalized spacial score (nSPS) is 13.8. The van der Waals surface area contributed by atoms with Crippen LogP contribution in [0.1, 0.15) is 64.0 Å². The Morgan fingerprint density at radius 1 is 0.958 bits per heavy atom. The number of hydrogen-bond donors (Lipinski definition) is 0. The van der Waals surface area contributed by atoms with Crippen molar-refractivity contribution >= 4 is 11.9 Å². The highest BCUT2D eigenvalue weighted by atomic mass is 16.5. The smallest absolute Gasteiger partial charge is 0.119 e. The van der Waals surface area contributed by atoms with Crippen LogP contribution in [0.4, 0.5) is 5.69 Å².